The molecule has 2 N–H and O–H groups in total. The quantitative estimate of drug-likeness (QED) is 0.304. The highest BCUT2D eigenvalue weighted by molar-refractivity contribution is 7.80. The maximum atomic E-state index is 8.63. The van der Waals surface area contributed by atoms with Gasteiger partial charge in [0.1, 0.15) is 5.84 Å². The minimum atomic E-state index is -0.760. The zero-order chi connectivity index (χ0) is 18.5. The molecule has 0 bridgehead atoms. The molecule has 27 heavy (non-hydrogen) atoms. The van der Waals surface area contributed by atoms with E-state index in [9.17, 15) is 0 Å². The van der Waals surface area contributed by atoms with Crippen LogP contribution >= 0.6 is 19.3 Å². The van der Waals surface area contributed by atoms with Crippen molar-refractivity contribution in [3.63, 3.8) is 0 Å². The van der Waals surface area contributed by atoms with Crippen molar-refractivity contribution >= 4 is 46.1 Å². The number of hydrogen-bond donors (Lipinski definition) is 2. The lowest BCUT2D eigenvalue weighted by molar-refractivity contribution is 1.38. The normalized spacial score (nSPS) is 10.7. The lowest BCUT2D eigenvalue weighted by Crippen LogP contribution is -2.27. The Morgan fingerprint density at radius 1 is 0.815 bits per heavy atom. The van der Waals surface area contributed by atoms with E-state index in [0.29, 0.717) is 5.84 Å². The number of anilines is 1. The van der Waals surface area contributed by atoms with Crippen molar-refractivity contribution in [2.75, 3.05) is 5.32 Å². The van der Waals surface area contributed by atoms with E-state index in [1.807, 2.05) is 29.6 Å². The largest absolute Gasteiger partial charge is 0.316 e. The van der Waals surface area contributed by atoms with Crippen molar-refractivity contribution < 1.29 is 0 Å². The molecule has 1 heterocycles. The second-order valence-electron chi connectivity index (χ2n) is 5.86. The van der Waals surface area contributed by atoms with Crippen LogP contribution in [0, 0.1) is 5.41 Å². The lowest BCUT2D eigenvalue weighted by atomic mass is 10.2. The number of benzene rings is 3. The van der Waals surface area contributed by atoms with Gasteiger partial charge in [-0.2, -0.15) is 0 Å². The van der Waals surface area contributed by atoms with Crippen molar-refractivity contribution in [3.8, 4) is 0 Å². The third-order valence-corrected chi connectivity index (χ3v) is 7.30. The van der Waals surface area contributed by atoms with Gasteiger partial charge in [-0.15, -0.1) is 11.3 Å². The van der Waals surface area contributed by atoms with Crippen LogP contribution in [0.5, 0.6) is 0 Å². The fourth-order valence-electron chi connectivity index (χ4n) is 2.92. The molecule has 0 spiro atoms. The van der Waals surface area contributed by atoms with Gasteiger partial charge in [-0.25, -0.2) is 4.98 Å². The Morgan fingerprint density at radius 2 is 1.41 bits per heavy atom. The number of amidine groups is 1. The molecular formula is C22H18N3PS. The molecule has 0 aliphatic heterocycles. The summed E-state index contributed by atoms with van der Waals surface area (Å²) in [5, 5.41) is 18.1. The molecular weight excluding hydrogens is 369 g/mol. The van der Waals surface area contributed by atoms with Crippen LogP contribution in [0.15, 0.2) is 96.5 Å². The second-order valence-corrected chi connectivity index (χ2v) is 8.94. The number of aromatic nitrogens is 1. The van der Waals surface area contributed by atoms with Crippen molar-refractivity contribution in [1.82, 2.24) is 4.98 Å². The van der Waals surface area contributed by atoms with Gasteiger partial charge < -0.3 is 5.32 Å². The molecule has 1 aromatic heterocycles. The molecule has 0 radical (unpaired) electrons. The van der Waals surface area contributed by atoms with Crippen LogP contribution in [0.1, 0.15) is 5.56 Å². The zero-order valence-electron chi connectivity index (χ0n) is 14.5. The number of thiazole rings is 1. The van der Waals surface area contributed by atoms with Crippen LogP contribution in [0.25, 0.3) is 0 Å². The van der Waals surface area contributed by atoms with Gasteiger partial charge in [-0.3, -0.25) is 5.41 Å². The molecule has 4 rings (SSSR count). The number of hydrogen-bond acceptors (Lipinski definition) is 3. The van der Waals surface area contributed by atoms with Crippen LogP contribution in [-0.4, -0.2) is 10.8 Å². The highest BCUT2D eigenvalue weighted by Crippen LogP contribution is 2.34. The summed E-state index contributed by atoms with van der Waals surface area (Å²) in [6.45, 7) is 0. The van der Waals surface area contributed by atoms with Crippen LogP contribution in [0.4, 0.5) is 5.13 Å². The van der Waals surface area contributed by atoms with Crippen molar-refractivity contribution in [2.45, 2.75) is 0 Å². The second kappa shape index (κ2) is 8.26. The summed E-state index contributed by atoms with van der Waals surface area (Å²) in [5.74, 6) is 0.375. The fraction of sp³-hybridized carbons (Fsp3) is 0. The van der Waals surface area contributed by atoms with Gasteiger partial charge in [0.25, 0.3) is 0 Å². The molecule has 0 aliphatic rings. The average molecular weight is 387 g/mol. The van der Waals surface area contributed by atoms with Crippen LogP contribution in [-0.2, 0) is 0 Å². The molecule has 0 saturated heterocycles. The van der Waals surface area contributed by atoms with Crippen LogP contribution < -0.4 is 21.2 Å². The zero-order valence-corrected chi connectivity index (χ0v) is 16.3. The Kier molecular flexibility index (Phi) is 5.38. The molecule has 4 aromatic rings. The Balaban J connectivity index is 1.80. The van der Waals surface area contributed by atoms with Gasteiger partial charge in [0, 0.05) is 17.1 Å². The molecule has 0 fully saturated rings. The first-order valence-corrected chi connectivity index (χ1v) is 10.8. The fourth-order valence-corrected chi connectivity index (χ4v) is 5.91. The van der Waals surface area contributed by atoms with E-state index in [0.717, 1.165) is 10.7 Å². The van der Waals surface area contributed by atoms with Gasteiger partial charge in [0.15, 0.2) is 5.13 Å². The van der Waals surface area contributed by atoms with E-state index in [4.69, 9.17) is 5.41 Å². The van der Waals surface area contributed by atoms with Gasteiger partial charge in [-0.05, 0) is 23.8 Å². The first-order valence-electron chi connectivity index (χ1n) is 8.57. The van der Waals surface area contributed by atoms with Crippen molar-refractivity contribution in [3.05, 3.63) is 102 Å². The molecule has 5 heteroatoms. The Hall–Kier alpha value is -2.81. The molecule has 132 valence electrons. The van der Waals surface area contributed by atoms with Gasteiger partial charge in [-0.1, -0.05) is 84.9 Å². The Labute approximate surface area is 164 Å². The minimum absolute atomic E-state index is 0.375. The number of nitrogens with one attached hydrogen (secondary N) is 2. The first kappa shape index (κ1) is 17.6. The van der Waals surface area contributed by atoms with E-state index >= 15 is 0 Å². The van der Waals surface area contributed by atoms with Crippen molar-refractivity contribution in [1.29, 1.82) is 5.41 Å². The predicted molar refractivity (Wildman–Crippen MR) is 118 cm³/mol. The van der Waals surface area contributed by atoms with Crippen LogP contribution in [0.2, 0.25) is 0 Å². The van der Waals surface area contributed by atoms with Crippen molar-refractivity contribution in [2.24, 2.45) is 0 Å². The van der Waals surface area contributed by atoms with E-state index in [1.165, 1.54) is 27.3 Å². The summed E-state index contributed by atoms with van der Waals surface area (Å²) in [6.07, 6.45) is 1.74. The lowest BCUT2D eigenvalue weighted by Gasteiger charge is -2.22. The maximum absolute atomic E-state index is 8.63. The molecule has 0 amide bonds. The summed E-state index contributed by atoms with van der Waals surface area (Å²) in [5.41, 5.74) is 0.909. The third-order valence-electron chi connectivity index (χ3n) is 4.11. The molecule has 3 nitrogen and oxygen atoms in total. The van der Waals surface area contributed by atoms with Gasteiger partial charge >= 0.3 is 0 Å². The summed E-state index contributed by atoms with van der Waals surface area (Å²) < 4.78 is 0. The minimum Gasteiger partial charge on any atom is -0.316 e. The summed E-state index contributed by atoms with van der Waals surface area (Å²) in [6, 6.07) is 29.3. The van der Waals surface area contributed by atoms with E-state index in [1.54, 1.807) is 6.20 Å². The monoisotopic (exact) mass is 387 g/mol. The number of rotatable bonds is 5. The average Bonchev–Trinajstić information content (AvgIpc) is 3.23. The third kappa shape index (κ3) is 3.97. The van der Waals surface area contributed by atoms with E-state index in [-0.39, 0.29) is 0 Å². The van der Waals surface area contributed by atoms with Crippen LogP contribution in [0.3, 0.4) is 0 Å². The summed E-state index contributed by atoms with van der Waals surface area (Å²) >= 11 is 1.50. The summed E-state index contributed by atoms with van der Waals surface area (Å²) in [7, 11) is -0.760. The first-order chi connectivity index (χ1) is 13.3. The predicted octanol–water partition coefficient (Wildman–Crippen LogP) is 4.34. The number of nitrogens with zero attached hydrogens (tertiary/aromatic N) is 1. The topological polar surface area (TPSA) is 48.8 Å². The van der Waals surface area contributed by atoms with E-state index < -0.39 is 7.92 Å². The van der Waals surface area contributed by atoms with Gasteiger partial charge in [0.2, 0.25) is 0 Å². The highest BCUT2D eigenvalue weighted by Gasteiger charge is 2.21. The van der Waals surface area contributed by atoms with E-state index in [2.05, 4.69) is 71.0 Å². The standard InChI is InChI=1S/C22H18N3PS/c23-21(25-22-24-15-16-27-22)19-13-7-8-14-20(19)26(17-9-3-1-4-10-17)18-11-5-2-6-12-18/h1-16H,(H2,23,24,25). The highest BCUT2D eigenvalue weighted by atomic mass is 32.1. The molecule has 0 atom stereocenters. The molecule has 0 aliphatic carbocycles. The Morgan fingerprint density at radius 3 is 2.00 bits per heavy atom. The SMILES string of the molecule is N=C(Nc1nccs1)c1ccccc1P(c1ccccc1)c1ccccc1. The molecule has 0 unspecified atom stereocenters. The maximum Gasteiger partial charge on any atom is 0.188 e. The molecule has 3 aromatic carbocycles. The summed E-state index contributed by atoms with van der Waals surface area (Å²) in [4.78, 5) is 4.24. The Bertz CT molecular complexity index is 978. The smallest absolute Gasteiger partial charge is 0.188 e. The van der Waals surface area contributed by atoms with Gasteiger partial charge in [0.05, 0.1) is 0 Å². The molecule has 0 saturated carbocycles.